The van der Waals surface area contributed by atoms with Crippen molar-refractivity contribution in [1.29, 1.82) is 0 Å². The van der Waals surface area contributed by atoms with Gasteiger partial charge in [0.2, 0.25) is 0 Å². The molecule has 0 aromatic carbocycles. The molecule has 3 aromatic heterocycles. The minimum atomic E-state index is -4.88. The summed E-state index contributed by atoms with van der Waals surface area (Å²) in [7, 11) is 0. The molecule has 0 radical (unpaired) electrons. The zero-order valence-corrected chi connectivity index (χ0v) is 20.0. The molecule has 37 heavy (non-hydrogen) atoms. The lowest BCUT2D eigenvalue weighted by Gasteiger charge is -2.43. The lowest BCUT2D eigenvalue weighted by atomic mass is 9.72. The normalized spacial score (nSPS) is 22.1. The third-order valence-electron chi connectivity index (χ3n) is 7.96. The van der Waals surface area contributed by atoms with Gasteiger partial charge >= 0.3 is 12.4 Å². The van der Waals surface area contributed by atoms with Crippen molar-refractivity contribution in [2.75, 3.05) is 18.8 Å². The van der Waals surface area contributed by atoms with Crippen LogP contribution >= 0.6 is 0 Å². The van der Waals surface area contributed by atoms with E-state index in [-0.39, 0.29) is 22.8 Å². The number of nitrogens with one attached hydrogen (secondary N) is 1. The summed E-state index contributed by atoms with van der Waals surface area (Å²) in [5.41, 5.74) is 7.89. The third-order valence-corrected chi connectivity index (χ3v) is 7.96. The zero-order valence-electron chi connectivity index (χ0n) is 20.0. The molecule has 3 aliphatic rings. The Bertz CT molecular complexity index is 1340. The van der Waals surface area contributed by atoms with Crippen molar-refractivity contribution >= 4 is 11.8 Å². The molecule has 0 bridgehead atoms. The number of fused-ring (bicyclic) bond motifs is 2. The lowest BCUT2D eigenvalue weighted by molar-refractivity contribution is -0.274. The predicted molar refractivity (Wildman–Crippen MR) is 127 cm³/mol. The van der Waals surface area contributed by atoms with Crippen molar-refractivity contribution < 1.29 is 22.7 Å². The van der Waals surface area contributed by atoms with Crippen molar-refractivity contribution in [2.24, 2.45) is 0 Å². The molecule has 1 spiro atoms. The topological polar surface area (TPSA) is 111 Å². The number of aryl methyl sites for hydroxylation is 1. The molecular formula is C25H26F3N7O2. The first-order chi connectivity index (χ1) is 17.7. The number of rotatable bonds is 4. The van der Waals surface area contributed by atoms with Crippen molar-refractivity contribution in [3.8, 4) is 17.0 Å². The second-order valence-corrected chi connectivity index (χ2v) is 10.1. The van der Waals surface area contributed by atoms with Gasteiger partial charge in [-0.25, -0.2) is 9.78 Å². The minimum Gasteiger partial charge on any atom is -0.402 e. The summed E-state index contributed by atoms with van der Waals surface area (Å²) in [4.78, 5) is 23.2. The second kappa shape index (κ2) is 8.35. The number of carbonyl (C=O) groups is 1. The van der Waals surface area contributed by atoms with Crippen molar-refractivity contribution in [2.45, 2.75) is 56.0 Å². The number of alkyl halides is 3. The molecule has 3 N–H and O–H groups in total. The molecule has 1 atom stereocenters. The number of likely N-dealkylation sites (tertiary alicyclic amines) is 1. The number of carbonyl (C=O) groups excluding carboxylic acids is 1. The Labute approximate surface area is 210 Å². The van der Waals surface area contributed by atoms with Gasteiger partial charge in [-0.05, 0) is 61.9 Å². The van der Waals surface area contributed by atoms with E-state index < -0.39 is 12.1 Å². The average molecular weight is 514 g/mol. The van der Waals surface area contributed by atoms with Gasteiger partial charge in [-0.2, -0.15) is 5.10 Å². The monoisotopic (exact) mass is 513 g/mol. The van der Waals surface area contributed by atoms with E-state index >= 15 is 0 Å². The molecule has 2 fully saturated rings. The van der Waals surface area contributed by atoms with Gasteiger partial charge in [0.25, 0.3) is 0 Å². The fraction of sp³-hybridized carbons (Fsp3) is 0.440. The van der Waals surface area contributed by atoms with Crippen LogP contribution in [0, 0.1) is 0 Å². The summed E-state index contributed by atoms with van der Waals surface area (Å²) in [6, 6.07) is 6.91. The lowest BCUT2D eigenvalue weighted by Crippen LogP contribution is -2.54. The standard InChI is InChI=1S/C25H26F3N7O2/c26-25(27,28)37-19-12-16(14-31-21(19)29)18-13-20-23(7-11-35(20)33-18)6-10-34(15-23)22(36)32-24(4-1-5-24)17-2-8-30-9-3-17/h2-3,8-9,12-14H,1,4-7,10-11,15H2,(H2,29,31)(H,32,36). The summed E-state index contributed by atoms with van der Waals surface area (Å²) in [5, 5.41) is 7.90. The smallest absolute Gasteiger partial charge is 0.402 e. The first-order valence-corrected chi connectivity index (χ1v) is 12.2. The Hall–Kier alpha value is -3.83. The maximum absolute atomic E-state index is 13.3. The quantitative estimate of drug-likeness (QED) is 0.547. The summed E-state index contributed by atoms with van der Waals surface area (Å²) >= 11 is 0. The molecule has 194 valence electrons. The number of urea groups is 1. The number of anilines is 1. The molecule has 1 saturated heterocycles. The van der Waals surface area contributed by atoms with Crippen LogP contribution in [0.3, 0.4) is 0 Å². The van der Waals surface area contributed by atoms with Crippen LogP contribution in [0.25, 0.3) is 11.3 Å². The molecule has 9 nitrogen and oxygen atoms in total. The minimum absolute atomic E-state index is 0.0803. The largest absolute Gasteiger partial charge is 0.573 e. The second-order valence-electron chi connectivity index (χ2n) is 10.1. The van der Waals surface area contributed by atoms with E-state index in [0.29, 0.717) is 30.9 Å². The number of nitrogens with two attached hydrogens (primary N) is 1. The van der Waals surface area contributed by atoms with Gasteiger partial charge in [-0.3, -0.25) is 9.67 Å². The van der Waals surface area contributed by atoms with Crippen LogP contribution in [-0.4, -0.2) is 50.1 Å². The number of nitrogens with zero attached hydrogens (tertiary/aromatic N) is 5. The van der Waals surface area contributed by atoms with Gasteiger partial charge in [0.15, 0.2) is 11.6 Å². The van der Waals surface area contributed by atoms with E-state index in [4.69, 9.17) is 5.73 Å². The van der Waals surface area contributed by atoms with Gasteiger partial charge in [0.1, 0.15) is 0 Å². The van der Waals surface area contributed by atoms with E-state index in [1.807, 2.05) is 27.8 Å². The Morgan fingerprint density at radius 3 is 2.57 bits per heavy atom. The van der Waals surface area contributed by atoms with Gasteiger partial charge in [0.05, 0.1) is 11.2 Å². The summed E-state index contributed by atoms with van der Waals surface area (Å²) in [5.74, 6) is -0.909. The molecule has 5 heterocycles. The van der Waals surface area contributed by atoms with Crippen molar-refractivity contribution in [3.63, 3.8) is 0 Å². The number of amides is 2. The molecule has 1 aliphatic carbocycles. The molecule has 1 unspecified atom stereocenters. The van der Waals surface area contributed by atoms with E-state index in [2.05, 4.69) is 25.1 Å². The van der Waals surface area contributed by atoms with Gasteiger partial charge in [-0.15, -0.1) is 13.2 Å². The highest BCUT2D eigenvalue weighted by Crippen LogP contribution is 2.45. The average Bonchev–Trinajstić information content (AvgIpc) is 3.54. The summed E-state index contributed by atoms with van der Waals surface area (Å²) < 4.78 is 44.1. The van der Waals surface area contributed by atoms with E-state index in [9.17, 15) is 18.0 Å². The van der Waals surface area contributed by atoms with E-state index in [1.165, 1.54) is 12.3 Å². The van der Waals surface area contributed by atoms with Crippen molar-refractivity contribution in [3.05, 3.63) is 54.1 Å². The maximum Gasteiger partial charge on any atom is 0.573 e. The Balaban J connectivity index is 1.20. The molecule has 1 saturated carbocycles. The summed E-state index contributed by atoms with van der Waals surface area (Å²) in [6.45, 7) is 1.84. The van der Waals surface area contributed by atoms with Crippen LogP contribution in [0.15, 0.2) is 42.9 Å². The molecule has 2 aliphatic heterocycles. The highest BCUT2D eigenvalue weighted by Gasteiger charge is 2.48. The highest BCUT2D eigenvalue weighted by atomic mass is 19.4. The molecular weight excluding hydrogens is 487 g/mol. The molecule has 12 heteroatoms. The van der Waals surface area contributed by atoms with E-state index in [0.717, 1.165) is 43.4 Å². The number of hydrogen-bond donors (Lipinski definition) is 2. The fourth-order valence-electron chi connectivity index (χ4n) is 5.83. The Kier molecular flexibility index (Phi) is 5.32. The third kappa shape index (κ3) is 4.13. The Morgan fingerprint density at radius 1 is 1.11 bits per heavy atom. The number of nitrogen functional groups attached to an aromatic ring is 1. The Morgan fingerprint density at radius 2 is 1.86 bits per heavy atom. The number of ether oxygens (including phenoxy) is 1. The number of aromatic nitrogens is 4. The van der Waals surface area contributed by atoms with Crippen LogP contribution in [-0.2, 0) is 17.5 Å². The number of pyridine rings is 2. The van der Waals surface area contributed by atoms with Gasteiger partial charge in [-0.1, -0.05) is 0 Å². The number of hydrogen-bond acceptors (Lipinski definition) is 6. The first-order valence-electron chi connectivity index (χ1n) is 12.2. The molecule has 6 rings (SSSR count). The first kappa shape index (κ1) is 23.6. The maximum atomic E-state index is 13.3. The van der Waals surface area contributed by atoms with Crippen LogP contribution in [0.5, 0.6) is 5.75 Å². The predicted octanol–water partition coefficient (Wildman–Crippen LogP) is 3.96. The van der Waals surface area contributed by atoms with Gasteiger partial charge in [0, 0.05) is 54.9 Å². The summed E-state index contributed by atoms with van der Waals surface area (Å²) in [6.07, 6.45) is 4.49. The highest BCUT2D eigenvalue weighted by molar-refractivity contribution is 5.76. The molecule has 3 aromatic rings. The van der Waals surface area contributed by atoms with Crippen LogP contribution in [0.4, 0.5) is 23.8 Å². The van der Waals surface area contributed by atoms with Crippen molar-refractivity contribution in [1.82, 2.24) is 30.0 Å². The van der Waals surface area contributed by atoms with Crippen LogP contribution in [0.2, 0.25) is 0 Å². The SMILES string of the molecule is Nc1ncc(-c2cc3n(n2)CCC32CCN(C(=O)NC3(c4ccncc4)CCC3)C2)cc1OC(F)(F)F. The number of halogens is 3. The van der Waals surface area contributed by atoms with Gasteiger partial charge < -0.3 is 20.7 Å². The van der Waals surface area contributed by atoms with Crippen LogP contribution in [0.1, 0.15) is 43.4 Å². The molecule has 2 amide bonds. The fourth-order valence-corrected chi connectivity index (χ4v) is 5.83. The van der Waals surface area contributed by atoms with Crippen LogP contribution < -0.4 is 15.8 Å². The van der Waals surface area contributed by atoms with E-state index in [1.54, 1.807) is 12.4 Å². The zero-order chi connectivity index (χ0) is 25.8.